The molecule has 3 rings (SSSR count). The molecule has 20 heavy (non-hydrogen) atoms. The van der Waals surface area contributed by atoms with Crippen molar-refractivity contribution < 1.29 is 0 Å². The second-order valence-electron chi connectivity index (χ2n) is 5.17. The zero-order valence-corrected chi connectivity index (χ0v) is 11.9. The summed E-state index contributed by atoms with van der Waals surface area (Å²) in [5, 5.41) is 3.45. The van der Waals surface area contributed by atoms with Crippen LogP contribution in [0.15, 0.2) is 24.7 Å². The van der Waals surface area contributed by atoms with E-state index in [4.69, 9.17) is 0 Å². The summed E-state index contributed by atoms with van der Waals surface area (Å²) in [4.78, 5) is 13.3. The van der Waals surface area contributed by atoms with Gasteiger partial charge in [-0.2, -0.15) is 0 Å². The first-order valence-corrected chi connectivity index (χ1v) is 7.38. The Morgan fingerprint density at radius 2 is 2.05 bits per heavy atom. The number of aromatic nitrogens is 3. The highest BCUT2D eigenvalue weighted by atomic mass is 15.0. The number of hydrogen-bond acceptors (Lipinski definition) is 4. The van der Waals surface area contributed by atoms with Gasteiger partial charge in [0.15, 0.2) is 0 Å². The second kappa shape index (κ2) is 5.99. The van der Waals surface area contributed by atoms with Gasteiger partial charge in [-0.1, -0.05) is 13.0 Å². The molecule has 0 atom stereocenters. The fourth-order valence-electron chi connectivity index (χ4n) is 2.79. The van der Waals surface area contributed by atoms with Gasteiger partial charge in [0.1, 0.15) is 12.1 Å². The predicted molar refractivity (Wildman–Crippen MR) is 79.6 cm³/mol. The average Bonchev–Trinajstić information content (AvgIpc) is 2.53. The third kappa shape index (κ3) is 2.64. The molecule has 2 heterocycles. The normalized spacial score (nSPS) is 13.8. The molecule has 1 aliphatic carbocycles. The van der Waals surface area contributed by atoms with E-state index in [9.17, 15) is 0 Å². The van der Waals surface area contributed by atoms with E-state index in [2.05, 4.69) is 33.3 Å². The van der Waals surface area contributed by atoms with Crippen molar-refractivity contribution in [1.29, 1.82) is 0 Å². The summed E-state index contributed by atoms with van der Waals surface area (Å²) in [7, 11) is 0. The SMILES string of the molecule is CCc1cccnc1CNc1ncnc2c1CCCC2. The quantitative estimate of drug-likeness (QED) is 0.926. The molecule has 0 aromatic carbocycles. The van der Waals surface area contributed by atoms with E-state index in [1.807, 2.05) is 12.3 Å². The molecule has 1 aliphatic rings. The van der Waals surface area contributed by atoms with E-state index in [0.29, 0.717) is 0 Å². The predicted octanol–water partition coefficient (Wildman–Crippen LogP) is 2.92. The van der Waals surface area contributed by atoms with Crippen LogP contribution in [0.4, 0.5) is 5.82 Å². The van der Waals surface area contributed by atoms with Crippen LogP contribution in [0.2, 0.25) is 0 Å². The standard InChI is InChI=1S/C16H20N4/c1-2-12-6-5-9-17-15(12)10-18-16-13-7-3-4-8-14(13)19-11-20-16/h5-6,9,11H,2-4,7-8,10H2,1H3,(H,18,19,20). The summed E-state index contributed by atoms with van der Waals surface area (Å²) in [5.74, 6) is 0.988. The van der Waals surface area contributed by atoms with E-state index in [1.54, 1.807) is 6.33 Å². The minimum Gasteiger partial charge on any atom is -0.364 e. The van der Waals surface area contributed by atoms with Crippen LogP contribution >= 0.6 is 0 Å². The first kappa shape index (κ1) is 13.0. The highest BCUT2D eigenvalue weighted by Crippen LogP contribution is 2.24. The van der Waals surface area contributed by atoms with Crippen LogP contribution in [-0.4, -0.2) is 15.0 Å². The molecule has 104 valence electrons. The molecule has 2 aromatic heterocycles. The third-order valence-electron chi connectivity index (χ3n) is 3.91. The lowest BCUT2D eigenvalue weighted by atomic mass is 9.96. The molecule has 0 unspecified atom stereocenters. The Kier molecular flexibility index (Phi) is 3.90. The molecule has 0 aliphatic heterocycles. The topological polar surface area (TPSA) is 50.7 Å². The van der Waals surface area contributed by atoms with Crippen LogP contribution in [0.25, 0.3) is 0 Å². The van der Waals surface area contributed by atoms with Crippen molar-refractivity contribution in [3.63, 3.8) is 0 Å². The van der Waals surface area contributed by atoms with Crippen LogP contribution in [0.3, 0.4) is 0 Å². The molecular weight excluding hydrogens is 248 g/mol. The molecule has 4 nitrogen and oxygen atoms in total. The van der Waals surface area contributed by atoms with Crippen LogP contribution in [-0.2, 0) is 25.8 Å². The van der Waals surface area contributed by atoms with Crippen molar-refractivity contribution in [2.45, 2.75) is 45.6 Å². The molecule has 0 saturated heterocycles. The van der Waals surface area contributed by atoms with Gasteiger partial charge in [0.2, 0.25) is 0 Å². The van der Waals surface area contributed by atoms with Gasteiger partial charge in [-0.25, -0.2) is 9.97 Å². The molecule has 1 N–H and O–H groups in total. The fraction of sp³-hybridized carbons (Fsp3) is 0.438. The maximum Gasteiger partial charge on any atom is 0.133 e. The zero-order valence-electron chi connectivity index (χ0n) is 11.9. The van der Waals surface area contributed by atoms with Gasteiger partial charge in [0, 0.05) is 17.5 Å². The smallest absolute Gasteiger partial charge is 0.133 e. The van der Waals surface area contributed by atoms with E-state index < -0.39 is 0 Å². The molecule has 0 fully saturated rings. The number of hydrogen-bond donors (Lipinski definition) is 1. The summed E-state index contributed by atoms with van der Waals surface area (Å²) < 4.78 is 0. The lowest BCUT2D eigenvalue weighted by Gasteiger charge is -2.18. The number of nitrogens with one attached hydrogen (secondary N) is 1. The Hall–Kier alpha value is -1.97. The van der Waals surface area contributed by atoms with Gasteiger partial charge in [-0.15, -0.1) is 0 Å². The summed E-state index contributed by atoms with van der Waals surface area (Å²) in [6.45, 7) is 2.89. The molecule has 0 spiro atoms. The molecule has 0 radical (unpaired) electrons. The molecule has 4 heteroatoms. The second-order valence-corrected chi connectivity index (χ2v) is 5.17. The summed E-state index contributed by atoms with van der Waals surface area (Å²) in [6.07, 6.45) is 9.17. The lowest BCUT2D eigenvalue weighted by Crippen LogP contribution is -2.13. The van der Waals surface area contributed by atoms with Crippen molar-refractivity contribution in [2.24, 2.45) is 0 Å². The van der Waals surface area contributed by atoms with Crippen molar-refractivity contribution >= 4 is 5.82 Å². The van der Waals surface area contributed by atoms with Crippen LogP contribution < -0.4 is 5.32 Å². The van der Waals surface area contributed by atoms with Crippen molar-refractivity contribution in [3.05, 3.63) is 47.2 Å². The van der Waals surface area contributed by atoms with Gasteiger partial charge >= 0.3 is 0 Å². The van der Waals surface area contributed by atoms with E-state index in [1.165, 1.54) is 29.7 Å². The van der Waals surface area contributed by atoms with Gasteiger partial charge in [0.05, 0.1) is 12.2 Å². The summed E-state index contributed by atoms with van der Waals surface area (Å²) >= 11 is 0. The zero-order chi connectivity index (χ0) is 13.8. The maximum absolute atomic E-state index is 4.47. The fourth-order valence-corrected chi connectivity index (χ4v) is 2.79. The van der Waals surface area contributed by atoms with Crippen LogP contribution in [0, 0.1) is 0 Å². The maximum atomic E-state index is 4.47. The highest BCUT2D eigenvalue weighted by Gasteiger charge is 2.15. The molecule has 0 amide bonds. The van der Waals surface area contributed by atoms with Gasteiger partial charge < -0.3 is 5.32 Å². The van der Waals surface area contributed by atoms with Crippen molar-refractivity contribution in [2.75, 3.05) is 5.32 Å². The van der Waals surface area contributed by atoms with Crippen LogP contribution in [0.5, 0.6) is 0 Å². The number of anilines is 1. The average molecular weight is 268 g/mol. The molecule has 0 bridgehead atoms. The van der Waals surface area contributed by atoms with Gasteiger partial charge in [0.25, 0.3) is 0 Å². The minimum absolute atomic E-state index is 0.730. The van der Waals surface area contributed by atoms with Crippen LogP contribution in [0.1, 0.15) is 42.3 Å². The number of fused-ring (bicyclic) bond motifs is 1. The minimum atomic E-state index is 0.730. The van der Waals surface area contributed by atoms with Gasteiger partial charge in [-0.3, -0.25) is 4.98 Å². The Balaban J connectivity index is 1.79. The molecular formula is C16H20N4. The number of rotatable bonds is 4. The monoisotopic (exact) mass is 268 g/mol. The summed E-state index contributed by atoms with van der Waals surface area (Å²) in [5.41, 5.74) is 4.92. The Morgan fingerprint density at radius 1 is 1.15 bits per heavy atom. The van der Waals surface area contributed by atoms with Crippen molar-refractivity contribution in [1.82, 2.24) is 15.0 Å². The third-order valence-corrected chi connectivity index (χ3v) is 3.91. The molecule has 0 saturated carbocycles. The Morgan fingerprint density at radius 3 is 2.95 bits per heavy atom. The Bertz CT molecular complexity index is 595. The summed E-state index contributed by atoms with van der Waals surface area (Å²) in [6, 6.07) is 4.13. The number of pyridine rings is 1. The highest BCUT2D eigenvalue weighted by molar-refractivity contribution is 5.47. The molecule has 2 aromatic rings. The number of nitrogens with zero attached hydrogens (tertiary/aromatic N) is 3. The van der Waals surface area contributed by atoms with Crippen molar-refractivity contribution in [3.8, 4) is 0 Å². The first-order chi connectivity index (χ1) is 9.88. The van der Waals surface area contributed by atoms with Gasteiger partial charge in [-0.05, 0) is 43.7 Å². The largest absolute Gasteiger partial charge is 0.364 e. The number of aryl methyl sites for hydroxylation is 2. The van der Waals surface area contributed by atoms with E-state index >= 15 is 0 Å². The lowest BCUT2D eigenvalue weighted by molar-refractivity contribution is 0.663. The van der Waals surface area contributed by atoms with E-state index in [0.717, 1.165) is 37.3 Å². The first-order valence-electron chi connectivity index (χ1n) is 7.38. The van der Waals surface area contributed by atoms with E-state index in [-0.39, 0.29) is 0 Å². The Labute approximate surface area is 119 Å².